The SMILES string of the molecule is Cc1cc(NC(=O)c2c(F)c(N([C@H]3CN(C(=O)O)C[C@@H]3CO)[SH](=O)=O)cn2C)ccc1F. The lowest BCUT2D eigenvalue weighted by molar-refractivity contribution is 0.101. The van der Waals surface area contributed by atoms with Gasteiger partial charge in [-0.25, -0.2) is 22.0 Å². The average molecular weight is 472 g/mol. The monoisotopic (exact) mass is 472 g/mol. The number of hydrogen-bond acceptors (Lipinski definition) is 5. The summed E-state index contributed by atoms with van der Waals surface area (Å²) in [4.78, 5) is 24.9. The highest BCUT2D eigenvalue weighted by Crippen LogP contribution is 2.32. The minimum absolute atomic E-state index is 0.123. The number of hydrogen-bond donors (Lipinski definition) is 4. The second-order valence-electron chi connectivity index (χ2n) is 7.49. The van der Waals surface area contributed by atoms with Crippen molar-refractivity contribution in [1.29, 1.82) is 0 Å². The summed E-state index contributed by atoms with van der Waals surface area (Å²) in [5.41, 5.74) is -0.433. The molecule has 0 bridgehead atoms. The Labute approximate surface area is 183 Å². The van der Waals surface area contributed by atoms with Gasteiger partial charge in [-0.2, -0.15) is 0 Å². The van der Waals surface area contributed by atoms with Crippen LogP contribution in [0.2, 0.25) is 0 Å². The maximum atomic E-state index is 15.3. The molecule has 1 aliphatic heterocycles. The van der Waals surface area contributed by atoms with E-state index >= 15 is 4.39 Å². The molecule has 2 aromatic rings. The third-order valence-electron chi connectivity index (χ3n) is 5.38. The zero-order chi connectivity index (χ0) is 23.7. The Morgan fingerprint density at radius 1 is 1.28 bits per heavy atom. The van der Waals surface area contributed by atoms with Crippen molar-refractivity contribution in [2.75, 3.05) is 29.3 Å². The Kier molecular flexibility index (Phi) is 6.69. The number of aromatic nitrogens is 1. The lowest BCUT2D eigenvalue weighted by Gasteiger charge is -2.27. The van der Waals surface area contributed by atoms with Crippen LogP contribution in [-0.4, -0.2) is 65.8 Å². The molecule has 0 radical (unpaired) electrons. The maximum absolute atomic E-state index is 15.3. The minimum Gasteiger partial charge on any atom is -0.465 e. The highest BCUT2D eigenvalue weighted by atomic mass is 32.2. The van der Waals surface area contributed by atoms with Gasteiger partial charge in [-0.1, -0.05) is 0 Å². The molecule has 0 unspecified atom stereocenters. The molecule has 174 valence electrons. The predicted octanol–water partition coefficient (Wildman–Crippen LogP) is 1.17. The van der Waals surface area contributed by atoms with Gasteiger partial charge >= 0.3 is 6.09 Å². The zero-order valence-electron chi connectivity index (χ0n) is 17.2. The minimum atomic E-state index is -3.44. The van der Waals surface area contributed by atoms with Crippen molar-refractivity contribution in [2.45, 2.75) is 13.0 Å². The molecule has 2 amide bonds. The largest absolute Gasteiger partial charge is 0.465 e. The fourth-order valence-electron chi connectivity index (χ4n) is 3.77. The van der Waals surface area contributed by atoms with Gasteiger partial charge in [0, 0.05) is 44.5 Å². The molecule has 1 aromatic carbocycles. The summed E-state index contributed by atoms with van der Waals surface area (Å²) in [6.07, 6.45) is -0.196. The van der Waals surface area contributed by atoms with Gasteiger partial charge in [0.25, 0.3) is 5.91 Å². The number of anilines is 2. The van der Waals surface area contributed by atoms with Gasteiger partial charge in [-0.15, -0.1) is 0 Å². The first-order chi connectivity index (χ1) is 15.0. The van der Waals surface area contributed by atoms with Gasteiger partial charge in [0.05, 0.1) is 6.04 Å². The molecule has 0 spiro atoms. The zero-order valence-corrected chi connectivity index (χ0v) is 18.1. The van der Waals surface area contributed by atoms with Crippen LogP contribution in [0.25, 0.3) is 0 Å². The number of thiol groups is 1. The Bertz CT molecular complexity index is 1130. The molecule has 2 heterocycles. The number of aliphatic hydroxyl groups excluding tert-OH is 1. The molecule has 3 N–H and O–H groups in total. The lowest BCUT2D eigenvalue weighted by Crippen LogP contribution is -2.42. The topological polar surface area (TPSA) is 132 Å². The highest BCUT2D eigenvalue weighted by molar-refractivity contribution is 7.74. The van der Waals surface area contributed by atoms with E-state index in [1.54, 1.807) is 0 Å². The van der Waals surface area contributed by atoms with Crippen LogP contribution in [0, 0.1) is 24.5 Å². The normalized spacial score (nSPS) is 18.2. The van der Waals surface area contributed by atoms with Gasteiger partial charge < -0.3 is 25.0 Å². The number of carboxylic acid groups (broad SMARTS) is 1. The van der Waals surface area contributed by atoms with Crippen LogP contribution in [0.5, 0.6) is 0 Å². The number of nitrogens with zero attached hydrogens (tertiary/aromatic N) is 3. The number of aryl methyl sites for hydroxylation is 2. The number of halogens is 2. The van der Waals surface area contributed by atoms with Gasteiger partial charge in [0.15, 0.2) is 5.82 Å². The summed E-state index contributed by atoms with van der Waals surface area (Å²) < 4.78 is 54.6. The number of rotatable bonds is 6. The first-order valence-electron chi connectivity index (χ1n) is 9.49. The van der Waals surface area contributed by atoms with E-state index < -0.39 is 64.5 Å². The molecule has 1 saturated heterocycles. The molecule has 1 aromatic heterocycles. The van der Waals surface area contributed by atoms with Gasteiger partial charge in [0.2, 0.25) is 10.9 Å². The number of aliphatic hydroxyl groups is 1. The number of amides is 2. The van der Waals surface area contributed by atoms with E-state index in [-0.39, 0.29) is 24.3 Å². The summed E-state index contributed by atoms with van der Waals surface area (Å²) in [7, 11) is -2.09. The highest BCUT2D eigenvalue weighted by Gasteiger charge is 2.41. The molecule has 13 heteroatoms. The van der Waals surface area contributed by atoms with Crippen LogP contribution < -0.4 is 9.62 Å². The molecular formula is C19H22F2N4O6S. The van der Waals surface area contributed by atoms with E-state index in [9.17, 15) is 32.6 Å². The van der Waals surface area contributed by atoms with Crippen LogP contribution in [0.4, 0.5) is 25.0 Å². The summed E-state index contributed by atoms with van der Waals surface area (Å²) in [5.74, 6) is -3.28. The van der Waals surface area contributed by atoms with Crippen molar-refractivity contribution in [1.82, 2.24) is 9.47 Å². The summed E-state index contributed by atoms with van der Waals surface area (Å²) >= 11 is 0. The molecule has 32 heavy (non-hydrogen) atoms. The van der Waals surface area contributed by atoms with Crippen molar-refractivity contribution < 1.29 is 37.0 Å². The first kappa shape index (κ1) is 23.5. The van der Waals surface area contributed by atoms with Crippen molar-refractivity contribution in [2.24, 2.45) is 13.0 Å². The fraction of sp³-hybridized carbons (Fsp3) is 0.368. The average Bonchev–Trinajstić information content (AvgIpc) is 3.26. The second-order valence-corrected chi connectivity index (χ2v) is 8.39. The van der Waals surface area contributed by atoms with E-state index in [1.807, 2.05) is 0 Å². The van der Waals surface area contributed by atoms with E-state index in [2.05, 4.69) is 5.32 Å². The lowest BCUT2D eigenvalue weighted by atomic mass is 10.1. The summed E-state index contributed by atoms with van der Waals surface area (Å²) in [6.45, 7) is 0.588. The fourth-order valence-corrected chi connectivity index (χ4v) is 4.59. The van der Waals surface area contributed by atoms with Crippen LogP contribution in [-0.2, 0) is 17.9 Å². The van der Waals surface area contributed by atoms with Crippen molar-refractivity contribution >= 4 is 34.3 Å². The van der Waals surface area contributed by atoms with E-state index in [0.29, 0.717) is 4.31 Å². The summed E-state index contributed by atoms with van der Waals surface area (Å²) in [5, 5.41) is 21.3. The molecule has 3 rings (SSSR count). The second kappa shape index (κ2) is 9.12. The number of likely N-dealkylation sites (tertiary alicyclic amines) is 1. The van der Waals surface area contributed by atoms with Crippen molar-refractivity contribution in [3.05, 3.63) is 47.3 Å². The number of carbonyl (C=O) groups is 2. The summed E-state index contributed by atoms with van der Waals surface area (Å²) in [6, 6.07) is 2.75. The Balaban J connectivity index is 1.95. The van der Waals surface area contributed by atoms with E-state index in [4.69, 9.17) is 0 Å². The molecule has 2 atom stereocenters. The standard InChI is InChI=1S/C19H22F2N4O6S/c1-10-5-12(3-4-13(10)20)22-18(27)17-16(21)15(7-23(17)2)25(32(30)31)14-8-24(19(28)29)6-11(14)9-26/h3-5,7,11,14,26,32H,6,8-9H2,1-2H3,(H,22,27)(H,28,29)/t11-,14+/m1/s1. The van der Waals surface area contributed by atoms with Crippen LogP contribution in [0.3, 0.4) is 0 Å². The molecule has 1 aliphatic rings. The Morgan fingerprint density at radius 3 is 2.53 bits per heavy atom. The van der Waals surface area contributed by atoms with Crippen molar-refractivity contribution in [3.8, 4) is 0 Å². The molecular weight excluding hydrogens is 450 g/mol. The molecule has 0 saturated carbocycles. The number of nitrogens with one attached hydrogen (secondary N) is 1. The maximum Gasteiger partial charge on any atom is 0.407 e. The Hall–Kier alpha value is -3.19. The quantitative estimate of drug-likeness (QED) is 0.467. The number of benzene rings is 1. The van der Waals surface area contributed by atoms with Crippen LogP contribution in [0.15, 0.2) is 24.4 Å². The predicted molar refractivity (Wildman–Crippen MR) is 111 cm³/mol. The van der Waals surface area contributed by atoms with Gasteiger partial charge in [-0.05, 0) is 30.7 Å². The third-order valence-corrected chi connectivity index (χ3v) is 6.24. The van der Waals surface area contributed by atoms with Gasteiger partial charge in [0.1, 0.15) is 17.2 Å². The van der Waals surface area contributed by atoms with Gasteiger partial charge in [-0.3, -0.25) is 9.10 Å². The third kappa shape index (κ3) is 4.39. The van der Waals surface area contributed by atoms with Crippen LogP contribution in [0.1, 0.15) is 16.1 Å². The molecule has 10 nitrogen and oxygen atoms in total. The molecule has 0 aliphatic carbocycles. The van der Waals surface area contributed by atoms with Crippen molar-refractivity contribution in [3.63, 3.8) is 0 Å². The smallest absolute Gasteiger partial charge is 0.407 e. The van der Waals surface area contributed by atoms with E-state index in [1.165, 1.54) is 26.1 Å². The first-order valence-corrected chi connectivity index (χ1v) is 10.6. The van der Waals surface area contributed by atoms with Crippen LogP contribution >= 0.6 is 0 Å². The number of carbonyl (C=O) groups excluding carboxylic acids is 1. The Morgan fingerprint density at radius 2 is 1.97 bits per heavy atom. The van der Waals surface area contributed by atoms with E-state index in [0.717, 1.165) is 21.7 Å². The molecule has 1 fully saturated rings.